The van der Waals surface area contributed by atoms with Crippen molar-refractivity contribution in [3.63, 3.8) is 0 Å². The van der Waals surface area contributed by atoms with E-state index in [0.29, 0.717) is 12.1 Å². The standard InChI is InChI=1S/C14H18N2O2/c1-2-15-8-5-9-16-14(17)12-10-18-13-7-4-3-6-11(12)13/h3-4,6-7,10,15H,2,5,8-9H2,1H3,(H,16,17). The zero-order valence-electron chi connectivity index (χ0n) is 10.5. The van der Waals surface area contributed by atoms with Crippen molar-refractivity contribution in [2.75, 3.05) is 19.6 Å². The molecule has 0 aliphatic carbocycles. The molecule has 0 aliphatic heterocycles. The first-order valence-corrected chi connectivity index (χ1v) is 6.28. The molecule has 0 bridgehead atoms. The van der Waals surface area contributed by atoms with Crippen molar-refractivity contribution in [2.45, 2.75) is 13.3 Å². The fourth-order valence-electron chi connectivity index (χ4n) is 1.84. The normalized spacial score (nSPS) is 10.7. The summed E-state index contributed by atoms with van der Waals surface area (Å²) in [6, 6.07) is 7.55. The van der Waals surface area contributed by atoms with Crippen LogP contribution in [0.5, 0.6) is 0 Å². The van der Waals surface area contributed by atoms with E-state index >= 15 is 0 Å². The van der Waals surface area contributed by atoms with Crippen molar-refractivity contribution in [2.24, 2.45) is 0 Å². The van der Waals surface area contributed by atoms with E-state index in [1.54, 1.807) is 0 Å². The maximum atomic E-state index is 12.0. The number of carbonyl (C=O) groups excluding carboxylic acids is 1. The average molecular weight is 246 g/mol. The molecule has 0 atom stereocenters. The van der Waals surface area contributed by atoms with Crippen LogP contribution >= 0.6 is 0 Å². The van der Waals surface area contributed by atoms with Crippen molar-refractivity contribution in [1.82, 2.24) is 10.6 Å². The number of rotatable bonds is 6. The van der Waals surface area contributed by atoms with Crippen molar-refractivity contribution in [1.29, 1.82) is 0 Å². The summed E-state index contributed by atoms with van der Waals surface area (Å²) >= 11 is 0. The molecule has 2 rings (SSSR count). The molecule has 2 N–H and O–H groups in total. The van der Waals surface area contributed by atoms with Crippen LogP contribution in [0.3, 0.4) is 0 Å². The van der Waals surface area contributed by atoms with Crippen LogP contribution in [0.25, 0.3) is 11.0 Å². The van der Waals surface area contributed by atoms with Crippen LogP contribution in [-0.2, 0) is 0 Å². The minimum atomic E-state index is -0.0727. The lowest BCUT2D eigenvalue weighted by atomic mass is 10.1. The maximum absolute atomic E-state index is 12.0. The molecule has 1 heterocycles. The predicted molar refractivity (Wildman–Crippen MR) is 71.7 cm³/mol. The van der Waals surface area contributed by atoms with Gasteiger partial charge in [-0.05, 0) is 25.6 Å². The summed E-state index contributed by atoms with van der Waals surface area (Å²) in [5.41, 5.74) is 1.35. The van der Waals surface area contributed by atoms with Crippen LogP contribution < -0.4 is 10.6 Å². The summed E-state index contributed by atoms with van der Waals surface area (Å²) < 4.78 is 5.34. The van der Waals surface area contributed by atoms with Crippen LogP contribution in [0, 0.1) is 0 Å². The lowest BCUT2D eigenvalue weighted by Gasteiger charge is -2.04. The first-order valence-electron chi connectivity index (χ1n) is 6.28. The molecule has 96 valence electrons. The molecule has 2 aromatic rings. The SMILES string of the molecule is CCNCCCNC(=O)c1coc2ccccc12. The molecule has 0 saturated heterocycles. The molecule has 1 aromatic heterocycles. The molecule has 0 unspecified atom stereocenters. The van der Waals surface area contributed by atoms with Crippen LogP contribution in [0.15, 0.2) is 34.9 Å². The molecule has 18 heavy (non-hydrogen) atoms. The Kier molecular flexibility index (Phi) is 4.36. The Morgan fingerprint density at radius 2 is 2.11 bits per heavy atom. The Morgan fingerprint density at radius 1 is 1.28 bits per heavy atom. The van der Waals surface area contributed by atoms with E-state index in [1.807, 2.05) is 24.3 Å². The second-order valence-corrected chi connectivity index (χ2v) is 4.11. The number of carbonyl (C=O) groups is 1. The quantitative estimate of drug-likeness (QED) is 0.768. The van der Waals surface area contributed by atoms with Gasteiger partial charge in [0.15, 0.2) is 0 Å². The van der Waals surface area contributed by atoms with Gasteiger partial charge in [-0.3, -0.25) is 4.79 Å². The number of fused-ring (bicyclic) bond motifs is 1. The topological polar surface area (TPSA) is 54.3 Å². The number of hydrogen-bond acceptors (Lipinski definition) is 3. The van der Waals surface area contributed by atoms with Gasteiger partial charge in [0.05, 0.1) is 5.56 Å². The van der Waals surface area contributed by atoms with Crippen LogP contribution in [-0.4, -0.2) is 25.5 Å². The van der Waals surface area contributed by atoms with E-state index in [0.717, 1.165) is 30.5 Å². The van der Waals surface area contributed by atoms with Crippen molar-refractivity contribution >= 4 is 16.9 Å². The smallest absolute Gasteiger partial charge is 0.255 e. The van der Waals surface area contributed by atoms with Gasteiger partial charge in [-0.2, -0.15) is 0 Å². The summed E-state index contributed by atoms with van der Waals surface area (Å²) in [5, 5.41) is 6.98. The molecule has 0 saturated carbocycles. The number of para-hydroxylation sites is 1. The maximum Gasteiger partial charge on any atom is 0.255 e. The molecule has 1 amide bonds. The number of furan rings is 1. The average Bonchev–Trinajstić information content (AvgIpc) is 2.82. The lowest BCUT2D eigenvalue weighted by molar-refractivity contribution is 0.0954. The van der Waals surface area contributed by atoms with Gasteiger partial charge in [0, 0.05) is 11.9 Å². The van der Waals surface area contributed by atoms with Crippen molar-refractivity contribution in [3.05, 3.63) is 36.1 Å². The Hall–Kier alpha value is -1.81. The highest BCUT2D eigenvalue weighted by Crippen LogP contribution is 2.20. The molecule has 0 aliphatic rings. The van der Waals surface area contributed by atoms with Crippen LogP contribution in [0.1, 0.15) is 23.7 Å². The highest BCUT2D eigenvalue weighted by molar-refractivity contribution is 6.05. The summed E-state index contributed by atoms with van der Waals surface area (Å²) in [7, 11) is 0. The van der Waals surface area contributed by atoms with Gasteiger partial charge < -0.3 is 15.1 Å². The lowest BCUT2D eigenvalue weighted by Crippen LogP contribution is -2.27. The molecule has 1 aromatic carbocycles. The van der Waals surface area contributed by atoms with Crippen molar-refractivity contribution < 1.29 is 9.21 Å². The van der Waals surface area contributed by atoms with E-state index in [1.165, 1.54) is 6.26 Å². The largest absolute Gasteiger partial charge is 0.463 e. The summed E-state index contributed by atoms with van der Waals surface area (Å²) in [6.45, 7) is 4.62. The van der Waals surface area contributed by atoms with Crippen LogP contribution in [0.4, 0.5) is 0 Å². The highest BCUT2D eigenvalue weighted by Gasteiger charge is 2.12. The van der Waals surface area contributed by atoms with E-state index < -0.39 is 0 Å². The molecule has 4 nitrogen and oxygen atoms in total. The van der Waals surface area contributed by atoms with E-state index in [2.05, 4.69) is 17.6 Å². The molecular formula is C14H18N2O2. The fourth-order valence-corrected chi connectivity index (χ4v) is 1.84. The number of hydrogen-bond donors (Lipinski definition) is 2. The van der Waals surface area contributed by atoms with Crippen LogP contribution in [0.2, 0.25) is 0 Å². The molecule has 0 fully saturated rings. The number of benzene rings is 1. The van der Waals surface area contributed by atoms with Gasteiger partial charge in [0.2, 0.25) is 0 Å². The number of nitrogens with one attached hydrogen (secondary N) is 2. The third-order valence-electron chi connectivity index (χ3n) is 2.79. The predicted octanol–water partition coefficient (Wildman–Crippen LogP) is 2.16. The molecule has 4 heteroatoms. The van der Waals surface area contributed by atoms with Gasteiger partial charge in [-0.1, -0.05) is 25.1 Å². The van der Waals surface area contributed by atoms with Gasteiger partial charge in [0.25, 0.3) is 5.91 Å². The Balaban J connectivity index is 1.93. The Labute approximate surface area is 106 Å². The first kappa shape index (κ1) is 12.6. The van der Waals surface area contributed by atoms with Crippen molar-refractivity contribution in [3.8, 4) is 0 Å². The summed E-state index contributed by atoms with van der Waals surface area (Å²) in [5.74, 6) is -0.0727. The second kappa shape index (κ2) is 6.21. The number of amides is 1. The third kappa shape index (κ3) is 2.90. The van der Waals surface area contributed by atoms with Gasteiger partial charge in [0.1, 0.15) is 11.8 Å². The fraction of sp³-hybridized carbons (Fsp3) is 0.357. The monoisotopic (exact) mass is 246 g/mol. The second-order valence-electron chi connectivity index (χ2n) is 4.11. The van der Waals surface area contributed by atoms with Gasteiger partial charge in [-0.25, -0.2) is 0 Å². The minimum Gasteiger partial charge on any atom is -0.463 e. The van der Waals surface area contributed by atoms with Gasteiger partial charge in [-0.15, -0.1) is 0 Å². The Morgan fingerprint density at radius 3 is 2.94 bits per heavy atom. The molecule has 0 radical (unpaired) electrons. The first-order chi connectivity index (χ1) is 8.83. The minimum absolute atomic E-state index is 0.0727. The third-order valence-corrected chi connectivity index (χ3v) is 2.79. The highest BCUT2D eigenvalue weighted by atomic mass is 16.3. The summed E-state index contributed by atoms with van der Waals surface area (Å²) in [4.78, 5) is 12.0. The van der Waals surface area contributed by atoms with Gasteiger partial charge >= 0.3 is 0 Å². The molecule has 0 spiro atoms. The van der Waals surface area contributed by atoms with E-state index in [4.69, 9.17) is 4.42 Å². The van der Waals surface area contributed by atoms with E-state index in [9.17, 15) is 4.79 Å². The van der Waals surface area contributed by atoms with E-state index in [-0.39, 0.29) is 5.91 Å². The summed E-state index contributed by atoms with van der Waals surface area (Å²) in [6.07, 6.45) is 2.44. The molecular weight excluding hydrogens is 228 g/mol. The Bertz CT molecular complexity index is 519. The zero-order valence-corrected chi connectivity index (χ0v) is 10.5. The zero-order chi connectivity index (χ0) is 12.8.